The van der Waals surface area contributed by atoms with Crippen molar-refractivity contribution < 1.29 is 9.72 Å². The average Bonchev–Trinajstić information content (AvgIpc) is 2.50. The lowest BCUT2D eigenvalue weighted by atomic mass is 9.87. The Kier molecular flexibility index (Phi) is 2.81. The molecule has 0 aliphatic carbocycles. The van der Waals surface area contributed by atoms with E-state index in [1.807, 2.05) is 13.8 Å². The molecule has 1 aliphatic heterocycles. The number of benzene rings is 1. The van der Waals surface area contributed by atoms with Gasteiger partial charge in [0.1, 0.15) is 5.69 Å². The van der Waals surface area contributed by atoms with Crippen molar-refractivity contribution in [3.63, 3.8) is 0 Å². The van der Waals surface area contributed by atoms with E-state index in [0.29, 0.717) is 17.3 Å². The molecule has 96 valence electrons. The summed E-state index contributed by atoms with van der Waals surface area (Å²) in [6.45, 7) is 5.71. The Balaban J connectivity index is 2.76. The van der Waals surface area contributed by atoms with Crippen LogP contribution in [0.5, 0.6) is 0 Å². The van der Waals surface area contributed by atoms with Gasteiger partial charge in [-0.3, -0.25) is 14.9 Å². The van der Waals surface area contributed by atoms with Crippen molar-refractivity contribution in [3.8, 4) is 0 Å². The number of nitrogens with zero attached hydrogens (tertiary/aromatic N) is 2. The highest BCUT2D eigenvalue weighted by Gasteiger charge is 2.41. The molecule has 1 heterocycles. The zero-order chi connectivity index (χ0) is 13.7. The van der Waals surface area contributed by atoms with Crippen LogP contribution in [0.3, 0.4) is 0 Å². The number of fused-ring (bicyclic) bond motifs is 1. The third-order valence-corrected chi connectivity index (χ3v) is 3.40. The predicted molar refractivity (Wildman–Crippen MR) is 69.2 cm³/mol. The molecule has 0 spiro atoms. The molecule has 1 amide bonds. The zero-order valence-corrected chi connectivity index (χ0v) is 11.1. The molecule has 0 bridgehead atoms. The smallest absolute Gasteiger partial charge is 0.294 e. The fourth-order valence-electron chi connectivity index (χ4n) is 2.35. The lowest BCUT2D eigenvalue weighted by Crippen LogP contribution is -2.32. The molecule has 18 heavy (non-hydrogen) atoms. The molecule has 5 nitrogen and oxygen atoms in total. The molecule has 0 saturated carbocycles. The van der Waals surface area contributed by atoms with Gasteiger partial charge in [0.15, 0.2) is 0 Å². The summed E-state index contributed by atoms with van der Waals surface area (Å²) in [5.41, 5.74) is 0.675. The Hall–Kier alpha value is -1.62. The van der Waals surface area contributed by atoms with Crippen LogP contribution in [0.1, 0.15) is 26.3 Å². The SMILES string of the molecule is CC(=O)N1CC(C)(C)c2cc(Cl)cc([N+](=O)[O-])c21. The summed E-state index contributed by atoms with van der Waals surface area (Å²) >= 11 is 5.92. The summed E-state index contributed by atoms with van der Waals surface area (Å²) in [7, 11) is 0. The Morgan fingerprint density at radius 1 is 1.50 bits per heavy atom. The number of carbonyl (C=O) groups excluding carboxylic acids is 1. The van der Waals surface area contributed by atoms with E-state index >= 15 is 0 Å². The molecule has 0 N–H and O–H groups in total. The van der Waals surface area contributed by atoms with E-state index in [1.165, 1.54) is 17.9 Å². The zero-order valence-electron chi connectivity index (χ0n) is 10.4. The van der Waals surface area contributed by atoms with Gasteiger partial charge in [-0.15, -0.1) is 0 Å². The van der Waals surface area contributed by atoms with Gasteiger partial charge in [-0.2, -0.15) is 0 Å². The number of halogens is 1. The number of nitro groups is 1. The van der Waals surface area contributed by atoms with E-state index in [4.69, 9.17) is 11.6 Å². The van der Waals surface area contributed by atoms with E-state index < -0.39 is 4.92 Å². The summed E-state index contributed by atoms with van der Waals surface area (Å²) in [5, 5.41) is 11.4. The van der Waals surface area contributed by atoms with Gasteiger partial charge in [-0.1, -0.05) is 25.4 Å². The number of amides is 1. The number of rotatable bonds is 1. The molecule has 1 aliphatic rings. The molecule has 0 fully saturated rings. The maximum Gasteiger partial charge on any atom is 0.294 e. The molecule has 6 heteroatoms. The van der Waals surface area contributed by atoms with Crippen molar-refractivity contribution in [2.75, 3.05) is 11.4 Å². The number of nitro benzene ring substituents is 1. The first-order valence-electron chi connectivity index (χ1n) is 5.50. The normalized spacial score (nSPS) is 16.6. The molecule has 0 radical (unpaired) electrons. The molecule has 1 aromatic carbocycles. The molecular weight excluding hydrogens is 256 g/mol. The molecule has 0 unspecified atom stereocenters. The van der Waals surface area contributed by atoms with Gasteiger partial charge in [0.05, 0.1) is 4.92 Å². The third-order valence-electron chi connectivity index (χ3n) is 3.18. The maximum absolute atomic E-state index is 11.6. The van der Waals surface area contributed by atoms with E-state index in [0.717, 1.165) is 5.56 Å². The Bertz CT molecular complexity index is 554. The van der Waals surface area contributed by atoms with E-state index in [1.54, 1.807) is 6.07 Å². The molecule has 2 rings (SSSR count). The Morgan fingerprint density at radius 3 is 2.61 bits per heavy atom. The van der Waals surface area contributed by atoms with Gasteiger partial charge in [0.2, 0.25) is 5.91 Å². The first-order valence-corrected chi connectivity index (χ1v) is 5.88. The van der Waals surface area contributed by atoms with Crippen LogP contribution in [-0.2, 0) is 10.2 Å². The van der Waals surface area contributed by atoms with Gasteiger partial charge in [-0.25, -0.2) is 0 Å². The number of carbonyl (C=O) groups is 1. The second kappa shape index (κ2) is 3.95. The number of hydrogen-bond donors (Lipinski definition) is 0. The van der Waals surface area contributed by atoms with Gasteiger partial charge < -0.3 is 4.90 Å². The maximum atomic E-state index is 11.6. The summed E-state index contributed by atoms with van der Waals surface area (Å²) in [6, 6.07) is 2.99. The van der Waals surface area contributed by atoms with E-state index in [-0.39, 0.29) is 17.0 Å². The summed E-state index contributed by atoms with van der Waals surface area (Å²) < 4.78 is 0. The molecule has 0 saturated heterocycles. The van der Waals surface area contributed by atoms with Gasteiger partial charge in [0.25, 0.3) is 5.69 Å². The fraction of sp³-hybridized carbons (Fsp3) is 0.417. The van der Waals surface area contributed by atoms with Gasteiger partial charge >= 0.3 is 0 Å². The van der Waals surface area contributed by atoms with Crippen molar-refractivity contribution in [3.05, 3.63) is 32.8 Å². The van der Waals surface area contributed by atoms with E-state index in [9.17, 15) is 14.9 Å². The number of anilines is 1. The van der Waals surface area contributed by atoms with Crippen LogP contribution in [0.2, 0.25) is 5.02 Å². The lowest BCUT2D eigenvalue weighted by Gasteiger charge is -2.19. The molecule has 0 atom stereocenters. The van der Waals surface area contributed by atoms with Crippen LogP contribution >= 0.6 is 11.6 Å². The molecule has 1 aromatic rings. The predicted octanol–water partition coefficient (Wildman–Crippen LogP) is 2.89. The minimum Gasteiger partial charge on any atom is -0.306 e. The average molecular weight is 269 g/mol. The van der Waals surface area contributed by atoms with Crippen molar-refractivity contribution in [2.45, 2.75) is 26.2 Å². The van der Waals surface area contributed by atoms with Gasteiger partial charge in [-0.05, 0) is 11.6 Å². The first-order chi connectivity index (χ1) is 8.24. The van der Waals surface area contributed by atoms with Crippen LogP contribution in [0.15, 0.2) is 12.1 Å². The van der Waals surface area contributed by atoms with Crippen LogP contribution in [0.25, 0.3) is 0 Å². The minimum atomic E-state index is -0.498. The van der Waals surface area contributed by atoms with Crippen LogP contribution in [0.4, 0.5) is 11.4 Å². The second-order valence-electron chi connectivity index (χ2n) is 5.07. The summed E-state index contributed by atoms with van der Waals surface area (Å²) in [5.74, 6) is -0.202. The highest BCUT2D eigenvalue weighted by molar-refractivity contribution is 6.31. The summed E-state index contributed by atoms with van der Waals surface area (Å²) in [4.78, 5) is 23.7. The fourth-order valence-corrected chi connectivity index (χ4v) is 2.56. The van der Waals surface area contributed by atoms with Crippen molar-refractivity contribution in [2.24, 2.45) is 0 Å². The lowest BCUT2D eigenvalue weighted by molar-refractivity contribution is -0.384. The van der Waals surface area contributed by atoms with Crippen molar-refractivity contribution in [1.29, 1.82) is 0 Å². The van der Waals surface area contributed by atoms with Gasteiger partial charge in [0, 0.05) is 30.0 Å². The van der Waals surface area contributed by atoms with Crippen molar-refractivity contribution >= 4 is 28.9 Å². The van der Waals surface area contributed by atoms with Crippen molar-refractivity contribution in [1.82, 2.24) is 0 Å². The first kappa shape index (κ1) is 12.8. The molecular formula is C12H13ClN2O3. The Labute approximate surface area is 109 Å². The quantitative estimate of drug-likeness (QED) is 0.581. The van der Waals surface area contributed by atoms with Crippen LogP contribution in [-0.4, -0.2) is 17.4 Å². The topological polar surface area (TPSA) is 63.5 Å². The number of hydrogen-bond acceptors (Lipinski definition) is 3. The highest BCUT2D eigenvalue weighted by Crippen LogP contribution is 2.47. The largest absolute Gasteiger partial charge is 0.306 e. The standard InChI is InChI=1S/C12H13ClN2O3/c1-7(16)14-6-12(2,3)9-4-8(13)5-10(11(9)14)15(17)18/h4-5H,6H2,1-3H3. The molecule has 0 aromatic heterocycles. The monoisotopic (exact) mass is 268 g/mol. The van der Waals surface area contributed by atoms with Crippen LogP contribution < -0.4 is 4.90 Å². The highest BCUT2D eigenvalue weighted by atomic mass is 35.5. The van der Waals surface area contributed by atoms with E-state index in [2.05, 4.69) is 0 Å². The third kappa shape index (κ3) is 1.84. The Morgan fingerprint density at radius 2 is 2.11 bits per heavy atom. The minimum absolute atomic E-state index is 0.113. The summed E-state index contributed by atoms with van der Waals surface area (Å²) in [6.07, 6.45) is 0. The van der Waals surface area contributed by atoms with Crippen LogP contribution in [0, 0.1) is 10.1 Å². The second-order valence-corrected chi connectivity index (χ2v) is 5.50.